The summed E-state index contributed by atoms with van der Waals surface area (Å²) in [7, 11) is 8.50. The Labute approximate surface area is 316 Å². The van der Waals surface area contributed by atoms with Crippen molar-refractivity contribution in [3.05, 3.63) is 39.9 Å². The monoisotopic (exact) mass is 744 g/mol. The molecular formula is C39H64N6O8. The lowest BCUT2D eigenvalue weighted by atomic mass is 9.89. The number of nitrogens with one attached hydrogen (secondary N) is 1. The van der Waals surface area contributed by atoms with Crippen LogP contribution >= 0.6 is 0 Å². The van der Waals surface area contributed by atoms with E-state index in [1.165, 1.54) is 12.1 Å². The van der Waals surface area contributed by atoms with Crippen molar-refractivity contribution >= 4 is 29.3 Å². The fraction of sp³-hybridized carbons (Fsp3) is 0.744. The summed E-state index contributed by atoms with van der Waals surface area (Å²) >= 11 is 0. The molecule has 1 aromatic rings. The summed E-state index contributed by atoms with van der Waals surface area (Å²) in [6.45, 7) is 11.5. The molecule has 0 saturated carbocycles. The number of non-ortho nitro benzene ring substituents is 1. The molecule has 1 N–H and O–H groups in total. The first-order valence-corrected chi connectivity index (χ1v) is 19.2. The zero-order valence-electron chi connectivity index (χ0n) is 33.6. The number of likely N-dealkylation sites (N-methyl/N-ethyl adjacent to an activating group) is 3. The van der Waals surface area contributed by atoms with Crippen molar-refractivity contribution in [2.75, 3.05) is 55.0 Å². The van der Waals surface area contributed by atoms with Crippen molar-refractivity contribution in [1.82, 2.24) is 24.9 Å². The first-order valence-electron chi connectivity index (χ1n) is 19.2. The fourth-order valence-electron chi connectivity index (χ4n) is 8.10. The third-order valence-electron chi connectivity index (χ3n) is 11.5. The molecule has 0 aromatic heterocycles. The molecule has 2 aliphatic rings. The van der Waals surface area contributed by atoms with Gasteiger partial charge < -0.3 is 29.5 Å². The standard InChI is InChI=1S/C39H64N6O8/c1-11-26(4)35(43(8)39(49)34(25(2)3)40-37(47)31-18-13-20-41(31)6)32(52-9)24-33(46)44-21-14-17-30(44)36(53-10)27(5)38(48)42(7)22-19-28-15-12-16-29(23-28)45(50)51/h12,15-16,23,25-27,30-32,34-36H,11,13-14,17-22,24H2,1-10H3,(H,40,47)/t26-,27+,30-,31-,32+,34-,35-,36+/m0/s1. The van der Waals surface area contributed by atoms with Crippen LogP contribution in [0.1, 0.15) is 78.7 Å². The van der Waals surface area contributed by atoms with Crippen LogP contribution in [0, 0.1) is 27.9 Å². The molecule has 2 saturated heterocycles. The lowest BCUT2D eigenvalue weighted by molar-refractivity contribution is -0.384. The van der Waals surface area contributed by atoms with Crippen molar-refractivity contribution in [2.24, 2.45) is 17.8 Å². The molecule has 0 unspecified atom stereocenters. The molecular weight excluding hydrogens is 680 g/mol. The number of benzene rings is 1. The third-order valence-corrected chi connectivity index (χ3v) is 11.5. The second-order valence-electron chi connectivity index (χ2n) is 15.4. The number of nitrogens with zero attached hydrogens (tertiary/aromatic N) is 5. The molecule has 4 amide bonds. The van der Waals surface area contributed by atoms with Crippen molar-refractivity contribution in [1.29, 1.82) is 0 Å². The number of hydrogen-bond donors (Lipinski definition) is 1. The maximum absolute atomic E-state index is 14.2. The first kappa shape index (κ1) is 43.8. The Bertz CT molecular complexity index is 1410. The van der Waals surface area contributed by atoms with E-state index in [4.69, 9.17) is 9.47 Å². The van der Waals surface area contributed by atoms with Crippen LogP contribution in [0.3, 0.4) is 0 Å². The zero-order valence-corrected chi connectivity index (χ0v) is 33.6. The molecule has 0 spiro atoms. The largest absolute Gasteiger partial charge is 0.379 e. The number of carbonyl (C=O) groups is 4. The summed E-state index contributed by atoms with van der Waals surface area (Å²) in [4.78, 5) is 73.1. The van der Waals surface area contributed by atoms with Crippen LogP contribution in [-0.2, 0) is 35.1 Å². The number of nitro groups is 1. The van der Waals surface area contributed by atoms with Crippen LogP contribution in [0.25, 0.3) is 0 Å². The highest BCUT2D eigenvalue weighted by Crippen LogP contribution is 2.30. The van der Waals surface area contributed by atoms with Crippen molar-refractivity contribution < 1.29 is 33.6 Å². The third kappa shape index (κ3) is 11.0. The topological polar surface area (TPSA) is 155 Å². The van der Waals surface area contributed by atoms with Crippen LogP contribution in [0.5, 0.6) is 0 Å². The van der Waals surface area contributed by atoms with Gasteiger partial charge in [0, 0.05) is 53.5 Å². The number of amides is 4. The van der Waals surface area contributed by atoms with Gasteiger partial charge in [0.25, 0.3) is 5.69 Å². The highest BCUT2D eigenvalue weighted by molar-refractivity contribution is 5.90. The average Bonchev–Trinajstić information content (AvgIpc) is 3.81. The molecule has 1 aromatic carbocycles. The molecule has 2 heterocycles. The minimum atomic E-state index is -0.727. The molecule has 14 nitrogen and oxygen atoms in total. The Hall–Kier alpha value is -3.62. The van der Waals surface area contributed by atoms with Gasteiger partial charge in [-0.25, -0.2) is 0 Å². The number of nitro benzene ring substituents is 1. The SMILES string of the molecule is CC[C@H](C)[C@@H]([C@@H](CC(=O)N1CCC[C@H]1[C@H](OC)[C@@H](C)C(=O)N(C)CCc1cccc([N+](=O)[O-])c1)OC)N(C)C(=O)[C@@H](NC(=O)[C@@H]1CCCN1C)C(C)C. The van der Waals surface area contributed by atoms with E-state index >= 15 is 0 Å². The first-order chi connectivity index (χ1) is 25.1. The molecule has 8 atom stereocenters. The summed E-state index contributed by atoms with van der Waals surface area (Å²) in [5.74, 6) is -1.35. The predicted octanol–water partition coefficient (Wildman–Crippen LogP) is 3.75. The normalized spacial score (nSPS) is 21.1. The van der Waals surface area contributed by atoms with Crippen LogP contribution in [-0.4, -0.2) is 140 Å². The van der Waals surface area contributed by atoms with Crippen molar-refractivity contribution in [2.45, 2.75) is 116 Å². The number of methoxy groups -OCH3 is 2. The van der Waals surface area contributed by atoms with Gasteiger partial charge in [0.05, 0.1) is 47.6 Å². The van der Waals surface area contributed by atoms with Gasteiger partial charge in [-0.05, 0) is 63.1 Å². The summed E-state index contributed by atoms with van der Waals surface area (Å²) in [6.07, 6.45) is 3.20. The van der Waals surface area contributed by atoms with Crippen molar-refractivity contribution in [3.8, 4) is 0 Å². The molecule has 3 rings (SSSR count). The van der Waals surface area contributed by atoms with Crippen LogP contribution in [0.2, 0.25) is 0 Å². The van der Waals surface area contributed by atoms with Crippen LogP contribution in [0.4, 0.5) is 5.69 Å². The van der Waals surface area contributed by atoms with E-state index in [-0.39, 0.29) is 59.7 Å². The van der Waals surface area contributed by atoms with Crippen LogP contribution in [0.15, 0.2) is 24.3 Å². The quantitative estimate of drug-likeness (QED) is 0.165. The number of rotatable bonds is 19. The van der Waals surface area contributed by atoms with E-state index in [1.54, 1.807) is 55.1 Å². The van der Waals surface area contributed by atoms with E-state index in [2.05, 4.69) is 5.32 Å². The number of ether oxygens (including phenoxy) is 2. The van der Waals surface area contributed by atoms with Gasteiger partial charge in [0.2, 0.25) is 23.6 Å². The Balaban J connectivity index is 1.73. The zero-order chi connectivity index (χ0) is 39.6. The van der Waals surface area contributed by atoms with E-state index in [9.17, 15) is 29.3 Å². The second kappa shape index (κ2) is 20.2. The van der Waals surface area contributed by atoms with E-state index in [0.717, 1.165) is 37.8 Å². The minimum absolute atomic E-state index is 0.00993. The van der Waals surface area contributed by atoms with E-state index in [1.807, 2.05) is 46.6 Å². The van der Waals surface area contributed by atoms with Gasteiger partial charge in [-0.2, -0.15) is 0 Å². The van der Waals surface area contributed by atoms with Gasteiger partial charge in [0.15, 0.2) is 0 Å². The lowest BCUT2D eigenvalue weighted by Gasteiger charge is -2.41. The summed E-state index contributed by atoms with van der Waals surface area (Å²) in [5, 5.41) is 14.2. The summed E-state index contributed by atoms with van der Waals surface area (Å²) in [5.41, 5.74) is 0.773. The molecule has 0 aliphatic carbocycles. The molecule has 298 valence electrons. The Morgan fingerprint density at radius 3 is 2.26 bits per heavy atom. The highest BCUT2D eigenvalue weighted by atomic mass is 16.6. The average molecular weight is 745 g/mol. The fourth-order valence-corrected chi connectivity index (χ4v) is 8.10. The van der Waals surface area contributed by atoms with Crippen LogP contribution < -0.4 is 5.32 Å². The van der Waals surface area contributed by atoms with E-state index in [0.29, 0.717) is 25.9 Å². The van der Waals surface area contributed by atoms with Gasteiger partial charge in [-0.15, -0.1) is 0 Å². The summed E-state index contributed by atoms with van der Waals surface area (Å²) < 4.78 is 12.0. The smallest absolute Gasteiger partial charge is 0.269 e. The Morgan fingerprint density at radius 2 is 1.70 bits per heavy atom. The van der Waals surface area contributed by atoms with Gasteiger partial charge in [-0.1, -0.05) is 53.2 Å². The highest BCUT2D eigenvalue weighted by Gasteiger charge is 2.43. The predicted molar refractivity (Wildman–Crippen MR) is 203 cm³/mol. The Morgan fingerprint density at radius 1 is 1.02 bits per heavy atom. The lowest BCUT2D eigenvalue weighted by Crippen LogP contribution is -2.59. The van der Waals surface area contributed by atoms with Gasteiger partial charge in [-0.3, -0.25) is 34.2 Å². The molecule has 2 aliphatic heterocycles. The van der Waals surface area contributed by atoms with Crippen molar-refractivity contribution in [3.63, 3.8) is 0 Å². The molecule has 2 fully saturated rings. The Kier molecular flexibility index (Phi) is 16.7. The second-order valence-corrected chi connectivity index (χ2v) is 15.4. The number of likely N-dealkylation sites (tertiary alicyclic amines) is 2. The van der Waals surface area contributed by atoms with E-state index < -0.39 is 35.1 Å². The minimum Gasteiger partial charge on any atom is -0.379 e. The van der Waals surface area contributed by atoms with Gasteiger partial charge >= 0.3 is 0 Å². The maximum Gasteiger partial charge on any atom is 0.269 e. The number of carbonyl (C=O) groups excluding carboxylic acids is 4. The molecule has 0 bridgehead atoms. The maximum atomic E-state index is 14.2. The molecule has 0 radical (unpaired) electrons. The number of hydrogen-bond acceptors (Lipinski definition) is 9. The van der Waals surface area contributed by atoms with Gasteiger partial charge in [0.1, 0.15) is 6.04 Å². The summed E-state index contributed by atoms with van der Waals surface area (Å²) in [6, 6.07) is 4.65. The molecule has 53 heavy (non-hydrogen) atoms. The molecule has 14 heteroatoms.